The van der Waals surface area contributed by atoms with Crippen molar-refractivity contribution in [1.29, 1.82) is 0 Å². The molecule has 180 valence electrons. The topological polar surface area (TPSA) is 71.6 Å². The van der Waals surface area contributed by atoms with Gasteiger partial charge in [0.25, 0.3) is 11.8 Å². The number of amides is 2. The Labute approximate surface area is 200 Å². The first-order valence-corrected chi connectivity index (χ1v) is 11.9. The number of carbonyl (C=O) groups excluding carboxylic acids is 2. The van der Waals surface area contributed by atoms with E-state index in [-0.39, 0.29) is 17.9 Å². The Morgan fingerprint density at radius 1 is 1.00 bits per heavy atom. The fourth-order valence-electron chi connectivity index (χ4n) is 5.13. The summed E-state index contributed by atoms with van der Waals surface area (Å²) in [6.07, 6.45) is 1.81. The van der Waals surface area contributed by atoms with Gasteiger partial charge < -0.3 is 19.1 Å². The fourth-order valence-corrected chi connectivity index (χ4v) is 5.13. The van der Waals surface area contributed by atoms with Crippen molar-refractivity contribution in [3.8, 4) is 11.5 Å². The largest absolute Gasteiger partial charge is 0.497 e. The third-order valence-electron chi connectivity index (χ3n) is 6.98. The van der Waals surface area contributed by atoms with Crippen molar-refractivity contribution in [2.45, 2.75) is 25.5 Å². The molecule has 0 spiro atoms. The van der Waals surface area contributed by atoms with Gasteiger partial charge in [-0.15, -0.1) is 0 Å². The van der Waals surface area contributed by atoms with E-state index < -0.39 is 0 Å². The van der Waals surface area contributed by atoms with Crippen molar-refractivity contribution in [2.24, 2.45) is 0 Å². The van der Waals surface area contributed by atoms with Crippen molar-refractivity contribution >= 4 is 17.5 Å². The summed E-state index contributed by atoms with van der Waals surface area (Å²) in [5.74, 6) is 1.25. The SMILES string of the molecule is COc1ccc(OC)c(CN2CCN(c3cccc4c3C(=O)N(C[C@@H]3CCCO3)C4=O)CC2)c1. The zero-order valence-corrected chi connectivity index (χ0v) is 19.8. The minimum Gasteiger partial charge on any atom is -0.497 e. The lowest BCUT2D eigenvalue weighted by molar-refractivity contribution is 0.0475. The summed E-state index contributed by atoms with van der Waals surface area (Å²) in [5.41, 5.74) is 2.98. The van der Waals surface area contributed by atoms with E-state index in [4.69, 9.17) is 14.2 Å². The summed E-state index contributed by atoms with van der Waals surface area (Å²) >= 11 is 0. The molecule has 2 fully saturated rings. The lowest BCUT2D eigenvalue weighted by Gasteiger charge is -2.37. The van der Waals surface area contributed by atoms with Gasteiger partial charge in [-0.25, -0.2) is 0 Å². The summed E-state index contributed by atoms with van der Waals surface area (Å²) in [4.78, 5) is 32.2. The molecule has 0 aromatic heterocycles. The number of hydrogen-bond acceptors (Lipinski definition) is 7. The van der Waals surface area contributed by atoms with Crippen LogP contribution in [0.25, 0.3) is 0 Å². The molecule has 8 heteroatoms. The van der Waals surface area contributed by atoms with Gasteiger partial charge in [0.15, 0.2) is 0 Å². The Balaban J connectivity index is 1.28. The van der Waals surface area contributed by atoms with E-state index in [1.807, 2.05) is 30.3 Å². The number of imide groups is 1. The van der Waals surface area contributed by atoms with Crippen molar-refractivity contribution < 1.29 is 23.8 Å². The fraction of sp³-hybridized carbons (Fsp3) is 0.462. The van der Waals surface area contributed by atoms with Crippen LogP contribution in [0.5, 0.6) is 11.5 Å². The number of benzene rings is 2. The van der Waals surface area contributed by atoms with Crippen molar-refractivity contribution in [3.05, 3.63) is 53.1 Å². The predicted octanol–water partition coefficient (Wildman–Crippen LogP) is 2.80. The minimum absolute atomic E-state index is 0.0530. The van der Waals surface area contributed by atoms with Gasteiger partial charge in [-0.2, -0.15) is 0 Å². The van der Waals surface area contributed by atoms with Crippen molar-refractivity contribution in [1.82, 2.24) is 9.80 Å². The number of nitrogens with zero attached hydrogens (tertiary/aromatic N) is 3. The van der Waals surface area contributed by atoms with E-state index in [0.29, 0.717) is 24.3 Å². The maximum absolute atomic E-state index is 13.3. The quantitative estimate of drug-likeness (QED) is 0.583. The summed E-state index contributed by atoms with van der Waals surface area (Å²) in [6.45, 7) is 5.02. The molecule has 2 saturated heterocycles. The number of hydrogen-bond donors (Lipinski definition) is 0. The Morgan fingerprint density at radius 3 is 2.53 bits per heavy atom. The van der Waals surface area contributed by atoms with Crippen LogP contribution in [0.3, 0.4) is 0 Å². The number of rotatable bonds is 7. The van der Waals surface area contributed by atoms with E-state index in [0.717, 1.165) is 68.3 Å². The van der Waals surface area contributed by atoms with Gasteiger partial charge in [0.2, 0.25) is 0 Å². The molecular weight excluding hydrogens is 434 g/mol. The van der Waals surface area contributed by atoms with Crippen LogP contribution >= 0.6 is 0 Å². The molecular formula is C26H31N3O5. The van der Waals surface area contributed by atoms with Crippen LogP contribution in [0.15, 0.2) is 36.4 Å². The number of anilines is 1. The van der Waals surface area contributed by atoms with E-state index in [1.165, 1.54) is 4.90 Å². The molecule has 0 aliphatic carbocycles. The molecule has 2 aromatic rings. The molecule has 0 bridgehead atoms. The first-order chi connectivity index (χ1) is 16.6. The highest BCUT2D eigenvalue weighted by Gasteiger charge is 2.40. The van der Waals surface area contributed by atoms with Gasteiger partial charge in [0, 0.05) is 44.9 Å². The Hall–Kier alpha value is -3.10. The molecule has 3 aliphatic heterocycles. The maximum Gasteiger partial charge on any atom is 0.263 e. The van der Waals surface area contributed by atoms with Gasteiger partial charge in [-0.1, -0.05) is 6.07 Å². The highest BCUT2D eigenvalue weighted by atomic mass is 16.5. The highest BCUT2D eigenvalue weighted by Crippen LogP contribution is 2.33. The lowest BCUT2D eigenvalue weighted by atomic mass is 10.1. The lowest BCUT2D eigenvalue weighted by Crippen LogP contribution is -2.46. The zero-order chi connectivity index (χ0) is 23.7. The second-order valence-corrected chi connectivity index (χ2v) is 9.00. The Bertz CT molecular complexity index is 1070. The standard InChI is InChI=1S/C26H31N3O5/c1-32-19-8-9-23(33-2)18(15-19)16-27-10-12-28(13-11-27)22-7-3-6-21-24(22)26(31)29(25(21)30)17-20-5-4-14-34-20/h3,6-9,15,20H,4-5,10-14,16-17H2,1-2H3/t20-/m0/s1. The summed E-state index contributed by atoms with van der Waals surface area (Å²) in [7, 11) is 3.34. The molecule has 0 saturated carbocycles. The molecule has 5 rings (SSSR count). The van der Waals surface area contributed by atoms with Gasteiger partial charge in [-0.05, 0) is 43.2 Å². The molecule has 2 aromatic carbocycles. The third kappa shape index (κ3) is 4.23. The summed E-state index contributed by atoms with van der Waals surface area (Å²) < 4.78 is 16.6. The number of fused-ring (bicyclic) bond motifs is 1. The summed E-state index contributed by atoms with van der Waals surface area (Å²) in [6, 6.07) is 11.4. The van der Waals surface area contributed by atoms with Crippen LogP contribution in [0.1, 0.15) is 39.1 Å². The monoisotopic (exact) mass is 465 g/mol. The molecule has 3 aliphatic rings. The second kappa shape index (κ2) is 9.64. The minimum atomic E-state index is -0.207. The number of ether oxygens (including phenoxy) is 3. The van der Waals surface area contributed by atoms with Gasteiger partial charge >= 0.3 is 0 Å². The maximum atomic E-state index is 13.3. The van der Waals surface area contributed by atoms with Gasteiger partial charge in [-0.3, -0.25) is 19.4 Å². The van der Waals surface area contributed by atoms with Gasteiger partial charge in [0.05, 0.1) is 43.7 Å². The molecule has 3 heterocycles. The molecule has 0 radical (unpaired) electrons. The smallest absolute Gasteiger partial charge is 0.263 e. The number of carbonyl (C=O) groups is 2. The van der Waals surface area contributed by atoms with Crippen LogP contribution in [-0.4, -0.2) is 81.3 Å². The van der Waals surface area contributed by atoms with E-state index in [2.05, 4.69) is 9.80 Å². The van der Waals surface area contributed by atoms with E-state index in [1.54, 1.807) is 20.3 Å². The number of methoxy groups -OCH3 is 2. The zero-order valence-electron chi connectivity index (χ0n) is 19.8. The Morgan fingerprint density at radius 2 is 1.82 bits per heavy atom. The summed E-state index contributed by atoms with van der Waals surface area (Å²) in [5, 5.41) is 0. The Kier molecular flexibility index (Phi) is 6.43. The predicted molar refractivity (Wildman–Crippen MR) is 128 cm³/mol. The first kappa shape index (κ1) is 22.7. The van der Waals surface area contributed by atoms with Crippen LogP contribution in [0.2, 0.25) is 0 Å². The average molecular weight is 466 g/mol. The molecule has 34 heavy (non-hydrogen) atoms. The van der Waals surface area contributed by atoms with Crippen LogP contribution < -0.4 is 14.4 Å². The van der Waals surface area contributed by atoms with Crippen LogP contribution in [0, 0.1) is 0 Å². The molecule has 8 nitrogen and oxygen atoms in total. The molecule has 0 unspecified atom stereocenters. The normalized spacial score (nSPS) is 20.7. The van der Waals surface area contributed by atoms with Crippen LogP contribution in [0.4, 0.5) is 5.69 Å². The van der Waals surface area contributed by atoms with Crippen molar-refractivity contribution in [2.75, 3.05) is 58.5 Å². The van der Waals surface area contributed by atoms with Crippen LogP contribution in [-0.2, 0) is 11.3 Å². The second-order valence-electron chi connectivity index (χ2n) is 9.00. The number of piperazine rings is 1. The van der Waals surface area contributed by atoms with Crippen molar-refractivity contribution in [3.63, 3.8) is 0 Å². The van der Waals surface area contributed by atoms with E-state index in [9.17, 15) is 9.59 Å². The first-order valence-electron chi connectivity index (χ1n) is 11.9. The molecule has 0 N–H and O–H groups in total. The third-order valence-corrected chi connectivity index (χ3v) is 6.98. The van der Waals surface area contributed by atoms with E-state index >= 15 is 0 Å². The molecule has 1 atom stereocenters. The highest BCUT2D eigenvalue weighted by molar-refractivity contribution is 6.23. The molecule has 2 amide bonds. The van der Waals surface area contributed by atoms with Gasteiger partial charge in [0.1, 0.15) is 11.5 Å². The average Bonchev–Trinajstić information content (AvgIpc) is 3.47.